The predicted molar refractivity (Wildman–Crippen MR) is 114 cm³/mol. The fraction of sp³-hybridized carbons (Fsp3) is 0.0952. The van der Waals surface area contributed by atoms with Crippen LogP contribution in [0.3, 0.4) is 0 Å². The third kappa shape index (κ3) is 4.48. The lowest BCUT2D eigenvalue weighted by molar-refractivity contribution is -0.118. The summed E-state index contributed by atoms with van der Waals surface area (Å²) in [5.41, 5.74) is 0.633. The van der Waals surface area contributed by atoms with Gasteiger partial charge in [0.2, 0.25) is 0 Å². The minimum Gasteiger partial charge on any atom is -0.484 e. The van der Waals surface area contributed by atoms with Crippen LogP contribution in [0.5, 0.6) is 5.75 Å². The quantitative estimate of drug-likeness (QED) is 0.447. The smallest absolute Gasteiger partial charge is 0.336 e. The molecule has 7 nitrogen and oxygen atoms in total. The van der Waals surface area contributed by atoms with Gasteiger partial charge < -0.3 is 14.5 Å². The first-order valence-corrected chi connectivity index (χ1v) is 9.66. The van der Waals surface area contributed by atoms with Gasteiger partial charge in [0.15, 0.2) is 6.61 Å². The van der Waals surface area contributed by atoms with Crippen molar-refractivity contribution in [2.75, 3.05) is 11.9 Å². The average molecular weight is 444 g/mol. The van der Waals surface area contributed by atoms with Crippen molar-refractivity contribution in [2.45, 2.75) is 6.54 Å². The molecule has 2 heterocycles. The van der Waals surface area contributed by atoms with Crippen molar-refractivity contribution < 1.29 is 13.9 Å². The lowest BCUT2D eigenvalue weighted by Gasteiger charge is -2.12. The number of halogens is 2. The van der Waals surface area contributed by atoms with E-state index < -0.39 is 5.63 Å². The molecule has 9 heteroatoms. The fourth-order valence-electron chi connectivity index (χ4n) is 2.86. The number of rotatable bonds is 6. The number of anilines is 1. The van der Waals surface area contributed by atoms with E-state index in [0.717, 1.165) is 5.39 Å². The normalized spacial score (nSPS) is 10.9. The lowest BCUT2D eigenvalue weighted by atomic mass is 10.2. The van der Waals surface area contributed by atoms with Gasteiger partial charge in [-0.15, -0.1) is 0 Å². The standard InChI is InChI=1S/C21H15Cl2N3O4/c22-16-2-1-3-17(23)15(16)11-26-19(8-9-24-26)25-20(27)12-29-14-6-4-13-5-7-21(28)30-18(13)10-14/h1-10H,11-12H2,(H,25,27). The van der Waals surface area contributed by atoms with Crippen LogP contribution in [0.25, 0.3) is 11.0 Å². The molecule has 2 aromatic heterocycles. The van der Waals surface area contributed by atoms with E-state index in [0.29, 0.717) is 39.3 Å². The van der Waals surface area contributed by atoms with Gasteiger partial charge in [-0.3, -0.25) is 4.79 Å². The van der Waals surface area contributed by atoms with E-state index in [2.05, 4.69) is 10.4 Å². The molecule has 0 aliphatic heterocycles. The van der Waals surface area contributed by atoms with Crippen LogP contribution in [0.1, 0.15) is 5.56 Å². The Bertz CT molecular complexity index is 1260. The molecule has 152 valence electrons. The number of fused-ring (bicyclic) bond motifs is 1. The zero-order valence-corrected chi connectivity index (χ0v) is 17.0. The Morgan fingerprint density at radius 3 is 2.67 bits per heavy atom. The van der Waals surface area contributed by atoms with Gasteiger partial charge in [-0.25, -0.2) is 9.48 Å². The van der Waals surface area contributed by atoms with Crippen LogP contribution in [0.15, 0.2) is 70.0 Å². The molecule has 1 amide bonds. The van der Waals surface area contributed by atoms with Gasteiger partial charge in [-0.2, -0.15) is 5.10 Å². The number of ether oxygens (including phenoxy) is 1. The molecule has 4 rings (SSSR count). The Balaban J connectivity index is 1.42. The van der Waals surface area contributed by atoms with Gasteiger partial charge >= 0.3 is 5.63 Å². The number of carbonyl (C=O) groups excluding carboxylic acids is 1. The van der Waals surface area contributed by atoms with Crippen molar-refractivity contribution >= 4 is 45.9 Å². The summed E-state index contributed by atoms with van der Waals surface area (Å²) in [4.78, 5) is 23.7. The Hall–Kier alpha value is -3.29. The van der Waals surface area contributed by atoms with Crippen LogP contribution in [0.2, 0.25) is 10.0 Å². The summed E-state index contributed by atoms with van der Waals surface area (Å²) in [6.45, 7) is 0.0618. The zero-order valence-electron chi connectivity index (χ0n) is 15.5. The van der Waals surface area contributed by atoms with E-state index in [-0.39, 0.29) is 12.5 Å². The van der Waals surface area contributed by atoms with Gasteiger partial charge in [0, 0.05) is 39.2 Å². The Labute approximate surface area is 180 Å². The van der Waals surface area contributed by atoms with Crippen LogP contribution < -0.4 is 15.7 Å². The van der Waals surface area contributed by atoms with E-state index in [1.54, 1.807) is 59.4 Å². The summed E-state index contributed by atoms with van der Waals surface area (Å²) in [6, 6.07) is 14.9. The van der Waals surface area contributed by atoms with Crippen molar-refractivity contribution in [2.24, 2.45) is 0 Å². The predicted octanol–water partition coefficient (Wildman–Crippen LogP) is 4.36. The van der Waals surface area contributed by atoms with Crippen LogP contribution >= 0.6 is 23.2 Å². The first kappa shape index (κ1) is 20.0. The molecule has 0 spiro atoms. The highest BCUT2D eigenvalue weighted by molar-refractivity contribution is 6.36. The highest BCUT2D eigenvalue weighted by atomic mass is 35.5. The molecule has 0 atom stereocenters. The Kier molecular flexibility index (Phi) is 5.74. The molecular formula is C21H15Cl2N3O4. The van der Waals surface area contributed by atoms with E-state index in [9.17, 15) is 9.59 Å². The van der Waals surface area contributed by atoms with E-state index in [1.165, 1.54) is 6.07 Å². The van der Waals surface area contributed by atoms with E-state index >= 15 is 0 Å². The second kappa shape index (κ2) is 8.61. The molecule has 0 bridgehead atoms. The average Bonchev–Trinajstić information content (AvgIpc) is 3.15. The molecule has 0 aliphatic carbocycles. The molecule has 4 aromatic rings. The summed E-state index contributed by atoms with van der Waals surface area (Å²) in [5, 5.41) is 8.74. The number of hydrogen-bond donors (Lipinski definition) is 1. The second-order valence-electron chi connectivity index (χ2n) is 6.37. The molecule has 0 radical (unpaired) electrons. The molecule has 0 unspecified atom stereocenters. The number of carbonyl (C=O) groups is 1. The number of aromatic nitrogens is 2. The number of nitrogens with one attached hydrogen (secondary N) is 1. The van der Waals surface area contributed by atoms with E-state index in [4.69, 9.17) is 32.4 Å². The zero-order chi connectivity index (χ0) is 21.1. The summed E-state index contributed by atoms with van der Waals surface area (Å²) in [5.74, 6) is 0.504. The summed E-state index contributed by atoms with van der Waals surface area (Å²) in [7, 11) is 0. The molecule has 0 aliphatic rings. The van der Waals surface area contributed by atoms with Crippen LogP contribution in [-0.4, -0.2) is 22.3 Å². The molecule has 1 N–H and O–H groups in total. The molecule has 30 heavy (non-hydrogen) atoms. The van der Waals surface area contributed by atoms with Gasteiger partial charge in [0.25, 0.3) is 5.91 Å². The summed E-state index contributed by atoms with van der Waals surface area (Å²) < 4.78 is 12.2. The minimum atomic E-state index is -0.454. The molecule has 0 saturated carbocycles. The lowest BCUT2D eigenvalue weighted by Crippen LogP contribution is -2.22. The summed E-state index contributed by atoms with van der Waals surface area (Å²) in [6.07, 6.45) is 1.56. The second-order valence-corrected chi connectivity index (χ2v) is 7.18. The topological polar surface area (TPSA) is 86.4 Å². The maximum atomic E-state index is 12.3. The van der Waals surface area contributed by atoms with Crippen LogP contribution in [0, 0.1) is 0 Å². The van der Waals surface area contributed by atoms with Crippen molar-refractivity contribution in [3.05, 3.63) is 86.8 Å². The third-order valence-corrected chi connectivity index (χ3v) is 5.03. The Morgan fingerprint density at radius 2 is 1.87 bits per heavy atom. The minimum absolute atomic E-state index is 0.236. The number of nitrogens with zero attached hydrogens (tertiary/aromatic N) is 2. The van der Waals surface area contributed by atoms with E-state index in [1.807, 2.05) is 0 Å². The van der Waals surface area contributed by atoms with Crippen LogP contribution in [0.4, 0.5) is 5.82 Å². The summed E-state index contributed by atoms with van der Waals surface area (Å²) >= 11 is 12.4. The maximum Gasteiger partial charge on any atom is 0.336 e. The first-order chi connectivity index (χ1) is 14.5. The fourth-order valence-corrected chi connectivity index (χ4v) is 3.37. The van der Waals surface area contributed by atoms with Crippen molar-refractivity contribution in [3.8, 4) is 5.75 Å². The molecule has 0 fully saturated rings. The van der Waals surface area contributed by atoms with Gasteiger partial charge in [0.1, 0.15) is 17.2 Å². The van der Waals surface area contributed by atoms with Crippen molar-refractivity contribution in [1.82, 2.24) is 9.78 Å². The maximum absolute atomic E-state index is 12.3. The van der Waals surface area contributed by atoms with Gasteiger partial charge in [-0.1, -0.05) is 29.3 Å². The third-order valence-electron chi connectivity index (χ3n) is 4.32. The molecule has 0 saturated heterocycles. The molecular weight excluding hydrogens is 429 g/mol. The highest BCUT2D eigenvalue weighted by Crippen LogP contribution is 2.26. The van der Waals surface area contributed by atoms with Crippen LogP contribution in [-0.2, 0) is 11.3 Å². The molecule has 2 aromatic carbocycles. The van der Waals surface area contributed by atoms with Gasteiger partial charge in [-0.05, 0) is 30.3 Å². The van der Waals surface area contributed by atoms with Crippen molar-refractivity contribution in [3.63, 3.8) is 0 Å². The number of benzene rings is 2. The number of amides is 1. The highest BCUT2D eigenvalue weighted by Gasteiger charge is 2.12. The first-order valence-electron chi connectivity index (χ1n) is 8.91. The Morgan fingerprint density at radius 1 is 1.10 bits per heavy atom. The largest absolute Gasteiger partial charge is 0.484 e. The SMILES string of the molecule is O=C(COc1ccc2ccc(=O)oc2c1)Nc1ccnn1Cc1c(Cl)cccc1Cl. The van der Waals surface area contributed by atoms with Crippen molar-refractivity contribution in [1.29, 1.82) is 0 Å². The van der Waals surface area contributed by atoms with Gasteiger partial charge in [0.05, 0.1) is 12.7 Å². The monoisotopic (exact) mass is 443 g/mol. The number of hydrogen-bond acceptors (Lipinski definition) is 5.